The molecule has 1 aromatic carbocycles. The van der Waals surface area contributed by atoms with Gasteiger partial charge in [-0.25, -0.2) is 0 Å². The molecule has 3 heteroatoms. The second kappa shape index (κ2) is 6.08. The van der Waals surface area contributed by atoms with Gasteiger partial charge in [0.1, 0.15) is 0 Å². The highest BCUT2D eigenvalue weighted by Gasteiger charge is 2.27. The van der Waals surface area contributed by atoms with Crippen LogP contribution in [0.2, 0.25) is 0 Å². The number of aromatic nitrogens is 1. The number of nitrogens with one attached hydrogen (secondary N) is 1. The molecule has 3 rings (SSSR count). The summed E-state index contributed by atoms with van der Waals surface area (Å²) in [6, 6.07) is 14.0. The van der Waals surface area contributed by atoms with E-state index in [9.17, 15) is 4.79 Å². The van der Waals surface area contributed by atoms with Gasteiger partial charge in [0.2, 0.25) is 5.91 Å². The molecule has 0 saturated heterocycles. The summed E-state index contributed by atoms with van der Waals surface area (Å²) < 4.78 is 0. The summed E-state index contributed by atoms with van der Waals surface area (Å²) in [7, 11) is 0. The number of hydrogen-bond donors (Lipinski definition) is 1. The van der Waals surface area contributed by atoms with Crippen LogP contribution in [0, 0.1) is 0 Å². The van der Waals surface area contributed by atoms with Crippen molar-refractivity contribution in [2.45, 2.75) is 38.1 Å². The molecule has 0 radical (unpaired) electrons. The molecule has 0 spiro atoms. The summed E-state index contributed by atoms with van der Waals surface area (Å²) >= 11 is 0. The topological polar surface area (TPSA) is 42.0 Å². The molecule has 1 aliphatic rings. The molecule has 2 atom stereocenters. The lowest BCUT2D eigenvalue weighted by molar-refractivity contribution is -0.123. The van der Waals surface area contributed by atoms with Gasteiger partial charge in [-0.1, -0.05) is 30.3 Å². The monoisotopic (exact) mass is 280 g/mol. The third kappa shape index (κ3) is 2.97. The second-order valence-electron chi connectivity index (χ2n) is 5.63. The van der Waals surface area contributed by atoms with Crippen LogP contribution in [-0.2, 0) is 11.2 Å². The summed E-state index contributed by atoms with van der Waals surface area (Å²) in [5, 5.41) is 3.11. The highest BCUT2D eigenvalue weighted by atomic mass is 16.1. The van der Waals surface area contributed by atoms with Crippen molar-refractivity contribution < 1.29 is 4.79 Å². The van der Waals surface area contributed by atoms with E-state index >= 15 is 0 Å². The van der Waals surface area contributed by atoms with Crippen molar-refractivity contribution in [1.82, 2.24) is 10.3 Å². The Morgan fingerprint density at radius 3 is 2.86 bits per heavy atom. The number of hydrogen-bond acceptors (Lipinski definition) is 2. The fraction of sp³-hybridized carbons (Fsp3) is 0.333. The molecule has 0 fully saturated rings. The zero-order valence-electron chi connectivity index (χ0n) is 12.3. The normalized spacial score (nSPS) is 18.6. The molecule has 2 unspecified atom stereocenters. The molecule has 1 N–H and O–H groups in total. The minimum atomic E-state index is -0.0622. The molecule has 1 amide bonds. The van der Waals surface area contributed by atoms with Crippen LogP contribution in [0.1, 0.15) is 48.5 Å². The third-order valence-electron chi connectivity index (χ3n) is 4.18. The standard InChI is InChI=1S/C18H20N2O/c1-13(17-11-4-5-12-19-17)20-18(21)16-10-6-8-14-7-2-3-9-15(14)16/h2-5,7,9,11-13,16H,6,8,10H2,1H3,(H,20,21). The third-order valence-corrected chi connectivity index (χ3v) is 4.18. The molecule has 0 aliphatic heterocycles. The molecular formula is C18H20N2O. The Kier molecular flexibility index (Phi) is 4.00. The minimum Gasteiger partial charge on any atom is -0.347 e. The van der Waals surface area contributed by atoms with E-state index in [1.54, 1.807) is 6.20 Å². The summed E-state index contributed by atoms with van der Waals surface area (Å²) in [5.74, 6) is 0.0846. The first kappa shape index (κ1) is 13.8. The van der Waals surface area contributed by atoms with E-state index in [1.807, 2.05) is 31.2 Å². The van der Waals surface area contributed by atoms with E-state index in [-0.39, 0.29) is 17.9 Å². The molecule has 2 aromatic rings. The molecule has 1 aromatic heterocycles. The quantitative estimate of drug-likeness (QED) is 0.936. The zero-order chi connectivity index (χ0) is 14.7. The predicted molar refractivity (Wildman–Crippen MR) is 82.9 cm³/mol. The first-order valence-corrected chi connectivity index (χ1v) is 7.55. The number of aryl methyl sites for hydroxylation is 1. The van der Waals surface area contributed by atoms with E-state index in [1.165, 1.54) is 11.1 Å². The Morgan fingerprint density at radius 2 is 2.05 bits per heavy atom. The van der Waals surface area contributed by atoms with Crippen molar-refractivity contribution in [3.63, 3.8) is 0 Å². The van der Waals surface area contributed by atoms with Crippen LogP contribution in [0.15, 0.2) is 48.7 Å². The van der Waals surface area contributed by atoms with Gasteiger partial charge in [-0.2, -0.15) is 0 Å². The Bertz CT molecular complexity index is 624. The van der Waals surface area contributed by atoms with E-state index < -0.39 is 0 Å². The SMILES string of the molecule is CC(NC(=O)C1CCCc2ccccc21)c1ccccn1. The summed E-state index contributed by atoms with van der Waals surface area (Å²) in [6.45, 7) is 1.98. The maximum Gasteiger partial charge on any atom is 0.228 e. The number of benzene rings is 1. The number of fused-ring (bicyclic) bond motifs is 1. The van der Waals surface area contributed by atoms with Crippen molar-refractivity contribution in [2.75, 3.05) is 0 Å². The Balaban J connectivity index is 1.75. The Hall–Kier alpha value is -2.16. The first-order chi connectivity index (χ1) is 10.3. The molecule has 1 aliphatic carbocycles. The van der Waals surface area contributed by atoms with Crippen LogP contribution in [0.25, 0.3) is 0 Å². The average molecular weight is 280 g/mol. The zero-order valence-corrected chi connectivity index (χ0v) is 12.3. The van der Waals surface area contributed by atoms with Gasteiger partial charge in [0.15, 0.2) is 0 Å². The van der Waals surface area contributed by atoms with Gasteiger partial charge in [0.05, 0.1) is 17.7 Å². The van der Waals surface area contributed by atoms with Crippen LogP contribution >= 0.6 is 0 Å². The smallest absolute Gasteiger partial charge is 0.228 e. The highest BCUT2D eigenvalue weighted by Crippen LogP contribution is 2.32. The van der Waals surface area contributed by atoms with Gasteiger partial charge in [-0.05, 0) is 49.4 Å². The van der Waals surface area contributed by atoms with Gasteiger partial charge in [-0.3, -0.25) is 9.78 Å². The van der Waals surface area contributed by atoms with E-state index in [0.29, 0.717) is 0 Å². The lowest BCUT2D eigenvalue weighted by Gasteiger charge is -2.26. The predicted octanol–water partition coefficient (Wildman–Crippen LogP) is 3.38. The fourth-order valence-electron chi connectivity index (χ4n) is 3.05. The second-order valence-corrected chi connectivity index (χ2v) is 5.63. The summed E-state index contributed by atoms with van der Waals surface area (Å²) in [5.41, 5.74) is 3.40. The number of rotatable bonds is 3. The van der Waals surface area contributed by atoms with Gasteiger partial charge in [-0.15, -0.1) is 0 Å². The Labute approximate surface area is 125 Å². The maximum atomic E-state index is 12.6. The lowest BCUT2D eigenvalue weighted by Crippen LogP contribution is -2.33. The molecule has 0 bridgehead atoms. The van der Waals surface area contributed by atoms with Crippen molar-refractivity contribution >= 4 is 5.91 Å². The van der Waals surface area contributed by atoms with Gasteiger partial charge in [0, 0.05) is 6.20 Å². The summed E-state index contributed by atoms with van der Waals surface area (Å²) in [6.07, 6.45) is 4.84. The van der Waals surface area contributed by atoms with Crippen LogP contribution < -0.4 is 5.32 Å². The number of amides is 1. The number of pyridine rings is 1. The molecular weight excluding hydrogens is 260 g/mol. The number of carbonyl (C=O) groups is 1. The summed E-state index contributed by atoms with van der Waals surface area (Å²) in [4.78, 5) is 16.9. The van der Waals surface area contributed by atoms with Gasteiger partial charge in [0.25, 0.3) is 0 Å². The number of carbonyl (C=O) groups excluding carboxylic acids is 1. The molecule has 3 nitrogen and oxygen atoms in total. The van der Waals surface area contributed by atoms with E-state index in [0.717, 1.165) is 25.0 Å². The first-order valence-electron chi connectivity index (χ1n) is 7.55. The minimum absolute atomic E-state index is 0.0267. The Morgan fingerprint density at radius 1 is 1.24 bits per heavy atom. The van der Waals surface area contributed by atoms with E-state index in [2.05, 4.69) is 28.5 Å². The van der Waals surface area contributed by atoms with Crippen molar-refractivity contribution in [2.24, 2.45) is 0 Å². The van der Waals surface area contributed by atoms with Crippen molar-refractivity contribution in [3.8, 4) is 0 Å². The number of nitrogens with zero attached hydrogens (tertiary/aromatic N) is 1. The van der Waals surface area contributed by atoms with Gasteiger partial charge >= 0.3 is 0 Å². The van der Waals surface area contributed by atoms with Crippen LogP contribution in [0.4, 0.5) is 0 Å². The largest absolute Gasteiger partial charge is 0.347 e. The average Bonchev–Trinajstić information content (AvgIpc) is 2.55. The maximum absolute atomic E-state index is 12.6. The molecule has 0 saturated carbocycles. The fourth-order valence-corrected chi connectivity index (χ4v) is 3.05. The molecule has 108 valence electrons. The van der Waals surface area contributed by atoms with Gasteiger partial charge < -0.3 is 5.32 Å². The van der Waals surface area contributed by atoms with Crippen molar-refractivity contribution in [1.29, 1.82) is 0 Å². The lowest BCUT2D eigenvalue weighted by atomic mass is 9.82. The highest BCUT2D eigenvalue weighted by molar-refractivity contribution is 5.84. The van der Waals surface area contributed by atoms with Crippen LogP contribution in [0.5, 0.6) is 0 Å². The van der Waals surface area contributed by atoms with Crippen LogP contribution in [0.3, 0.4) is 0 Å². The van der Waals surface area contributed by atoms with Crippen LogP contribution in [-0.4, -0.2) is 10.9 Å². The molecule has 1 heterocycles. The molecule has 21 heavy (non-hydrogen) atoms. The van der Waals surface area contributed by atoms with Crippen molar-refractivity contribution in [3.05, 3.63) is 65.5 Å². The van der Waals surface area contributed by atoms with E-state index in [4.69, 9.17) is 0 Å².